The first-order valence-electron chi connectivity index (χ1n) is 11.9. The van der Waals surface area contributed by atoms with E-state index >= 15 is 0 Å². The summed E-state index contributed by atoms with van der Waals surface area (Å²) in [6.45, 7) is 0.431. The molecule has 0 aliphatic heterocycles. The molecule has 3 aliphatic rings. The van der Waals surface area contributed by atoms with Crippen molar-refractivity contribution in [2.45, 2.75) is 69.6 Å². The molecule has 2 fully saturated rings. The second-order valence-corrected chi connectivity index (χ2v) is 9.82. The smallest absolute Gasteiger partial charge is 0.216 e. The lowest BCUT2D eigenvalue weighted by Crippen LogP contribution is -2.39. The quantitative estimate of drug-likeness (QED) is 0.409. The summed E-state index contributed by atoms with van der Waals surface area (Å²) in [5, 5.41) is 0. The molecule has 168 valence electrons. The van der Waals surface area contributed by atoms with Crippen molar-refractivity contribution in [1.82, 2.24) is 4.90 Å². The molecule has 3 aliphatic carbocycles. The molecule has 0 aromatic heterocycles. The number of rotatable bonds is 6. The minimum atomic E-state index is -0.00719. The minimum absolute atomic E-state index is 0.00719. The van der Waals surface area contributed by atoms with E-state index in [9.17, 15) is 4.79 Å². The van der Waals surface area contributed by atoms with Gasteiger partial charge in [-0.2, -0.15) is 0 Å². The SMILES string of the molecule is COC1CCC2(CC1)Cc1ccc(C3CC3)cc1[C@H]2/N=C(/N)N(C=O)Cc1ccccc1. The number of carbonyl (C=O) groups is 1. The van der Waals surface area contributed by atoms with Crippen LogP contribution in [0.4, 0.5) is 0 Å². The molecule has 32 heavy (non-hydrogen) atoms. The monoisotopic (exact) mass is 431 g/mol. The van der Waals surface area contributed by atoms with Gasteiger partial charge >= 0.3 is 0 Å². The Bertz CT molecular complexity index is 991. The zero-order valence-electron chi connectivity index (χ0n) is 18.9. The number of nitrogens with two attached hydrogens (primary N) is 1. The third-order valence-corrected chi connectivity index (χ3v) is 7.78. The number of hydrogen-bond donors (Lipinski definition) is 1. The summed E-state index contributed by atoms with van der Waals surface area (Å²) >= 11 is 0. The van der Waals surface area contributed by atoms with Gasteiger partial charge in [-0.15, -0.1) is 0 Å². The molecule has 2 N–H and O–H groups in total. The maximum absolute atomic E-state index is 11.9. The Labute approximate surface area is 190 Å². The summed E-state index contributed by atoms with van der Waals surface area (Å²) in [6, 6.07) is 16.9. The minimum Gasteiger partial charge on any atom is -0.381 e. The number of nitrogens with zero attached hydrogens (tertiary/aromatic N) is 2. The zero-order valence-corrected chi connectivity index (χ0v) is 18.9. The van der Waals surface area contributed by atoms with Gasteiger partial charge in [0.25, 0.3) is 0 Å². The molecule has 1 amide bonds. The van der Waals surface area contributed by atoms with E-state index in [0.717, 1.165) is 44.1 Å². The van der Waals surface area contributed by atoms with Gasteiger partial charge in [0.2, 0.25) is 6.41 Å². The Morgan fingerprint density at radius 2 is 1.91 bits per heavy atom. The molecule has 5 rings (SSSR count). The van der Waals surface area contributed by atoms with Gasteiger partial charge in [-0.25, -0.2) is 4.99 Å². The number of hydrogen-bond acceptors (Lipinski definition) is 3. The normalized spacial score (nSPS) is 27.3. The van der Waals surface area contributed by atoms with E-state index in [1.165, 1.54) is 34.4 Å². The summed E-state index contributed by atoms with van der Waals surface area (Å²) in [5.74, 6) is 1.01. The number of carbonyl (C=O) groups excluding carboxylic acids is 1. The fraction of sp³-hybridized carbons (Fsp3) is 0.481. The van der Waals surface area contributed by atoms with Crippen LogP contribution in [-0.2, 0) is 22.5 Å². The highest BCUT2D eigenvalue weighted by molar-refractivity contribution is 5.87. The van der Waals surface area contributed by atoms with Crippen molar-refractivity contribution in [3.63, 3.8) is 0 Å². The molecule has 0 unspecified atom stereocenters. The van der Waals surface area contributed by atoms with Gasteiger partial charge in [0, 0.05) is 12.5 Å². The Balaban J connectivity index is 1.48. The van der Waals surface area contributed by atoms with Gasteiger partial charge in [0.1, 0.15) is 0 Å². The van der Waals surface area contributed by atoms with Crippen molar-refractivity contribution in [1.29, 1.82) is 0 Å². The van der Waals surface area contributed by atoms with Crippen LogP contribution in [0.2, 0.25) is 0 Å². The molecule has 0 radical (unpaired) electrons. The Hall–Kier alpha value is -2.66. The van der Waals surface area contributed by atoms with E-state index < -0.39 is 0 Å². The van der Waals surface area contributed by atoms with Gasteiger partial charge in [-0.3, -0.25) is 9.69 Å². The lowest BCUT2D eigenvalue weighted by atomic mass is 9.68. The third kappa shape index (κ3) is 4.06. The van der Waals surface area contributed by atoms with Gasteiger partial charge in [-0.05, 0) is 73.1 Å². The van der Waals surface area contributed by atoms with Crippen LogP contribution in [0.25, 0.3) is 0 Å². The number of ether oxygens (including phenoxy) is 1. The summed E-state index contributed by atoms with van der Waals surface area (Å²) in [5.41, 5.74) is 11.7. The number of amides is 1. The molecule has 0 heterocycles. The molecule has 1 atom stereocenters. The van der Waals surface area contributed by atoms with E-state index in [2.05, 4.69) is 18.2 Å². The number of methoxy groups -OCH3 is 1. The molecule has 0 saturated heterocycles. The molecule has 1 spiro atoms. The van der Waals surface area contributed by atoms with Crippen LogP contribution >= 0.6 is 0 Å². The van der Waals surface area contributed by atoms with Crippen molar-refractivity contribution in [3.05, 3.63) is 70.8 Å². The number of aliphatic imine (C=N–C) groups is 1. The van der Waals surface area contributed by atoms with Gasteiger partial charge in [0.15, 0.2) is 5.96 Å². The van der Waals surface area contributed by atoms with Crippen molar-refractivity contribution >= 4 is 12.4 Å². The van der Waals surface area contributed by atoms with Crippen LogP contribution < -0.4 is 5.73 Å². The van der Waals surface area contributed by atoms with Gasteiger partial charge < -0.3 is 10.5 Å². The average Bonchev–Trinajstić information content (AvgIpc) is 3.64. The second kappa shape index (κ2) is 8.70. The maximum atomic E-state index is 11.9. The molecular formula is C27H33N3O2. The van der Waals surface area contributed by atoms with E-state index in [4.69, 9.17) is 15.5 Å². The first kappa shape index (κ1) is 21.2. The van der Waals surface area contributed by atoms with Crippen LogP contribution in [-0.4, -0.2) is 30.5 Å². The van der Waals surface area contributed by atoms with E-state index in [1.807, 2.05) is 37.4 Å². The zero-order chi connectivity index (χ0) is 22.1. The van der Waals surface area contributed by atoms with E-state index in [1.54, 1.807) is 0 Å². The standard InChI is InChI=1S/C27H33N3O2/c1-32-23-11-13-27(14-12-23)16-22-10-9-21(20-7-8-20)15-24(22)25(27)29-26(28)30(18-31)17-19-5-3-2-4-6-19/h2-6,9-10,15,18,20,23,25H,7-8,11-14,16-17H2,1H3,(H2,28,29)/t23?,25-,27?/m1/s1. The predicted octanol–water partition coefficient (Wildman–Crippen LogP) is 4.71. The number of benzene rings is 2. The van der Waals surface area contributed by atoms with Crippen molar-refractivity contribution < 1.29 is 9.53 Å². The van der Waals surface area contributed by atoms with Crippen LogP contribution in [0.15, 0.2) is 53.5 Å². The van der Waals surface area contributed by atoms with Crippen LogP contribution in [0.5, 0.6) is 0 Å². The molecular weight excluding hydrogens is 398 g/mol. The summed E-state index contributed by atoms with van der Waals surface area (Å²) in [6.07, 6.45) is 8.97. The lowest BCUT2D eigenvalue weighted by Gasteiger charge is -2.40. The summed E-state index contributed by atoms with van der Waals surface area (Å²) in [7, 11) is 1.81. The summed E-state index contributed by atoms with van der Waals surface area (Å²) in [4.78, 5) is 18.5. The predicted molar refractivity (Wildman–Crippen MR) is 126 cm³/mol. The Morgan fingerprint density at radius 1 is 1.16 bits per heavy atom. The Kier molecular flexibility index (Phi) is 5.76. The molecule has 5 heteroatoms. The molecule has 2 aromatic carbocycles. The van der Waals surface area contributed by atoms with Crippen molar-refractivity contribution in [3.8, 4) is 0 Å². The first-order chi connectivity index (χ1) is 15.6. The van der Waals surface area contributed by atoms with Crippen LogP contribution in [0.3, 0.4) is 0 Å². The largest absolute Gasteiger partial charge is 0.381 e. The fourth-order valence-corrected chi connectivity index (χ4v) is 5.72. The highest BCUT2D eigenvalue weighted by Gasteiger charge is 2.48. The van der Waals surface area contributed by atoms with E-state index in [-0.39, 0.29) is 11.5 Å². The maximum Gasteiger partial charge on any atom is 0.216 e. The van der Waals surface area contributed by atoms with Crippen molar-refractivity contribution in [2.75, 3.05) is 7.11 Å². The van der Waals surface area contributed by atoms with Crippen molar-refractivity contribution in [2.24, 2.45) is 16.1 Å². The van der Waals surface area contributed by atoms with Gasteiger partial charge in [-0.1, -0.05) is 48.5 Å². The average molecular weight is 432 g/mol. The number of guanidine groups is 1. The molecule has 2 saturated carbocycles. The van der Waals surface area contributed by atoms with Crippen LogP contribution in [0.1, 0.15) is 72.7 Å². The van der Waals surface area contributed by atoms with Crippen LogP contribution in [0, 0.1) is 5.41 Å². The number of fused-ring (bicyclic) bond motifs is 1. The highest BCUT2D eigenvalue weighted by atomic mass is 16.5. The molecule has 2 aromatic rings. The van der Waals surface area contributed by atoms with Gasteiger partial charge in [0.05, 0.1) is 18.7 Å². The summed E-state index contributed by atoms with van der Waals surface area (Å²) < 4.78 is 5.65. The Morgan fingerprint density at radius 3 is 2.56 bits per heavy atom. The third-order valence-electron chi connectivity index (χ3n) is 7.78. The molecule has 5 nitrogen and oxygen atoms in total. The highest BCUT2D eigenvalue weighted by Crippen LogP contribution is 2.57. The second-order valence-electron chi connectivity index (χ2n) is 9.82. The first-order valence-corrected chi connectivity index (χ1v) is 11.9. The fourth-order valence-electron chi connectivity index (χ4n) is 5.72. The topological polar surface area (TPSA) is 67.9 Å². The van der Waals surface area contributed by atoms with E-state index in [0.29, 0.717) is 24.5 Å². The molecule has 0 bridgehead atoms. The lowest BCUT2D eigenvalue weighted by molar-refractivity contribution is -0.115.